The highest BCUT2D eigenvalue weighted by atomic mass is 15.1. The molecule has 0 spiro atoms. The smallest absolute Gasteiger partial charge is 0.0107 e. The average Bonchev–Trinajstić information content (AvgIpc) is 2.39. The Bertz CT molecular complexity index is 196. The van der Waals surface area contributed by atoms with E-state index in [0.717, 1.165) is 12.6 Å². The van der Waals surface area contributed by atoms with E-state index in [1.54, 1.807) is 0 Å². The lowest BCUT2D eigenvalue weighted by molar-refractivity contribution is 0.175. The van der Waals surface area contributed by atoms with Gasteiger partial charge in [0.2, 0.25) is 0 Å². The number of nitrogens with zero attached hydrogens (tertiary/aromatic N) is 2. The summed E-state index contributed by atoms with van der Waals surface area (Å²) in [5.74, 6) is 0. The highest BCUT2D eigenvalue weighted by molar-refractivity contribution is 4.74. The fraction of sp³-hybridized carbons (Fsp3) is 1.00. The first kappa shape index (κ1) is 15.9. The summed E-state index contributed by atoms with van der Waals surface area (Å²) in [5, 5.41) is 3.61. The normalized spacial score (nSPS) is 21.7. The second-order valence-corrected chi connectivity index (χ2v) is 5.60. The van der Waals surface area contributed by atoms with Crippen molar-refractivity contribution in [3.05, 3.63) is 0 Å². The molecular weight excluding hydrogens is 222 g/mol. The SMILES string of the molecule is CCCN(CC)CCNCCC1CCCCN1C. The second kappa shape index (κ2) is 9.76. The maximum absolute atomic E-state index is 3.61. The molecular formula is C15H33N3. The highest BCUT2D eigenvalue weighted by Gasteiger charge is 2.17. The summed E-state index contributed by atoms with van der Waals surface area (Å²) < 4.78 is 0. The Balaban J connectivity index is 2.00. The molecule has 1 rings (SSSR count). The molecule has 0 aromatic rings. The van der Waals surface area contributed by atoms with Crippen molar-refractivity contribution in [1.82, 2.24) is 15.1 Å². The Morgan fingerprint density at radius 2 is 2.00 bits per heavy atom. The van der Waals surface area contributed by atoms with Crippen molar-refractivity contribution in [2.75, 3.05) is 46.3 Å². The minimum Gasteiger partial charge on any atom is -0.315 e. The van der Waals surface area contributed by atoms with Gasteiger partial charge in [0, 0.05) is 19.1 Å². The van der Waals surface area contributed by atoms with Gasteiger partial charge in [-0.1, -0.05) is 20.3 Å². The van der Waals surface area contributed by atoms with Crippen molar-refractivity contribution < 1.29 is 0 Å². The zero-order valence-corrected chi connectivity index (χ0v) is 12.7. The number of likely N-dealkylation sites (N-methyl/N-ethyl adjacent to an activating group) is 1. The van der Waals surface area contributed by atoms with E-state index >= 15 is 0 Å². The summed E-state index contributed by atoms with van der Waals surface area (Å²) in [6.45, 7) is 11.8. The van der Waals surface area contributed by atoms with Gasteiger partial charge in [-0.3, -0.25) is 0 Å². The second-order valence-electron chi connectivity index (χ2n) is 5.60. The largest absolute Gasteiger partial charge is 0.315 e. The van der Waals surface area contributed by atoms with Crippen molar-refractivity contribution in [3.8, 4) is 0 Å². The average molecular weight is 255 g/mol. The molecule has 0 aromatic heterocycles. The maximum atomic E-state index is 3.61. The molecule has 3 nitrogen and oxygen atoms in total. The summed E-state index contributed by atoms with van der Waals surface area (Å²) in [6, 6.07) is 0.823. The Morgan fingerprint density at radius 1 is 1.17 bits per heavy atom. The van der Waals surface area contributed by atoms with Crippen LogP contribution in [0.25, 0.3) is 0 Å². The van der Waals surface area contributed by atoms with E-state index in [1.807, 2.05) is 0 Å². The molecule has 1 heterocycles. The first-order valence-electron chi connectivity index (χ1n) is 7.91. The molecule has 1 aliphatic heterocycles. The van der Waals surface area contributed by atoms with E-state index in [0.29, 0.717) is 0 Å². The van der Waals surface area contributed by atoms with E-state index in [1.165, 1.54) is 64.8 Å². The zero-order valence-electron chi connectivity index (χ0n) is 12.7. The summed E-state index contributed by atoms with van der Waals surface area (Å²) >= 11 is 0. The molecule has 1 N–H and O–H groups in total. The van der Waals surface area contributed by atoms with Crippen LogP contribution in [0.4, 0.5) is 0 Å². The Morgan fingerprint density at radius 3 is 2.67 bits per heavy atom. The minimum atomic E-state index is 0.823. The van der Waals surface area contributed by atoms with Gasteiger partial charge < -0.3 is 15.1 Å². The lowest BCUT2D eigenvalue weighted by atomic mass is 10.0. The Hall–Kier alpha value is -0.120. The fourth-order valence-corrected chi connectivity index (χ4v) is 2.88. The van der Waals surface area contributed by atoms with Crippen molar-refractivity contribution >= 4 is 0 Å². The van der Waals surface area contributed by atoms with Crippen molar-refractivity contribution in [2.45, 2.75) is 52.0 Å². The van der Waals surface area contributed by atoms with E-state index < -0.39 is 0 Å². The molecule has 0 bridgehead atoms. The van der Waals surface area contributed by atoms with Gasteiger partial charge in [0.25, 0.3) is 0 Å². The van der Waals surface area contributed by atoms with Gasteiger partial charge in [-0.25, -0.2) is 0 Å². The van der Waals surface area contributed by atoms with Crippen LogP contribution in [0.2, 0.25) is 0 Å². The van der Waals surface area contributed by atoms with Gasteiger partial charge in [-0.15, -0.1) is 0 Å². The molecule has 0 radical (unpaired) electrons. The number of likely N-dealkylation sites (tertiary alicyclic amines) is 1. The van der Waals surface area contributed by atoms with Gasteiger partial charge in [0.05, 0.1) is 0 Å². The van der Waals surface area contributed by atoms with E-state index in [9.17, 15) is 0 Å². The molecule has 0 amide bonds. The molecule has 1 fully saturated rings. The molecule has 0 aromatic carbocycles. The van der Waals surface area contributed by atoms with Crippen LogP contribution < -0.4 is 5.32 Å². The first-order chi connectivity index (χ1) is 8.77. The number of hydrogen-bond acceptors (Lipinski definition) is 3. The first-order valence-corrected chi connectivity index (χ1v) is 7.91. The van der Waals surface area contributed by atoms with Crippen LogP contribution in [0, 0.1) is 0 Å². The van der Waals surface area contributed by atoms with Crippen LogP contribution in [0.1, 0.15) is 46.0 Å². The standard InChI is InChI=1S/C15H33N3/c1-4-12-18(5-2)14-11-16-10-9-15-8-6-7-13-17(15)3/h15-16H,4-14H2,1-3H3. The summed E-state index contributed by atoms with van der Waals surface area (Å²) in [4.78, 5) is 5.07. The van der Waals surface area contributed by atoms with Crippen molar-refractivity contribution in [1.29, 1.82) is 0 Å². The van der Waals surface area contributed by atoms with Crippen molar-refractivity contribution in [3.63, 3.8) is 0 Å². The Labute approximate surface area is 114 Å². The van der Waals surface area contributed by atoms with Crippen LogP contribution in [-0.4, -0.2) is 62.2 Å². The maximum Gasteiger partial charge on any atom is 0.0107 e. The molecule has 18 heavy (non-hydrogen) atoms. The van der Waals surface area contributed by atoms with Gasteiger partial charge in [0.1, 0.15) is 0 Å². The van der Waals surface area contributed by atoms with Crippen LogP contribution >= 0.6 is 0 Å². The minimum absolute atomic E-state index is 0.823. The number of nitrogens with one attached hydrogen (secondary N) is 1. The quantitative estimate of drug-likeness (QED) is 0.637. The monoisotopic (exact) mass is 255 g/mol. The predicted molar refractivity (Wildman–Crippen MR) is 80.2 cm³/mol. The molecule has 1 saturated heterocycles. The van der Waals surface area contributed by atoms with Gasteiger partial charge in [0.15, 0.2) is 0 Å². The fourth-order valence-electron chi connectivity index (χ4n) is 2.88. The topological polar surface area (TPSA) is 18.5 Å². The molecule has 0 aliphatic carbocycles. The molecule has 1 aliphatic rings. The molecule has 1 atom stereocenters. The third kappa shape index (κ3) is 6.17. The summed E-state index contributed by atoms with van der Waals surface area (Å²) in [5.41, 5.74) is 0. The van der Waals surface area contributed by atoms with Gasteiger partial charge in [-0.2, -0.15) is 0 Å². The van der Waals surface area contributed by atoms with Crippen LogP contribution in [0.15, 0.2) is 0 Å². The van der Waals surface area contributed by atoms with Gasteiger partial charge >= 0.3 is 0 Å². The van der Waals surface area contributed by atoms with Crippen LogP contribution in [0.3, 0.4) is 0 Å². The molecule has 1 unspecified atom stereocenters. The molecule has 0 saturated carbocycles. The Kier molecular flexibility index (Phi) is 8.64. The third-order valence-electron chi connectivity index (χ3n) is 4.17. The van der Waals surface area contributed by atoms with Crippen LogP contribution in [-0.2, 0) is 0 Å². The molecule has 3 heteroatoms. The molecule has 108 valence electrons. The lowest BCUT2D eigenvalue weighted by Gasteiger charge is -2.32. The zero-order chi connectivity index (χ0) is 13.2. The number of hydrogen-bond donors (Lipinski definition) is 1. The van der Waals surface area contributed by atoms with Gasteiger partial charge in [-0.05, 0) is 58.9 Å². The van der Waals surface area contributed by atoms with Crippen LogP contribution in [0.5, 0.6) is 0 Å². The highest BCUT2D eigenvalue weighted by Crippen LogP contribution is 2.16. The third-order valence-corrected chi connectivity index (χ3v) is 4.17. The van der Waals surface area contributed by atoms with E-state index in [2.05, 4.69) is 36.0 Å². The van der Waals surface area contributed by atoms with E-state index in [-0.39, 0.29) is 0 Å². The summed E-state index contributed by atoms with van der Waals surface area (Å²) in [6.07, 6.45) is 6.80. The van der Waals surface area contributed by atoms with E-state index in [4.69, 9.17) is 0 Å². The number of piperidine rings is 1. The lowest BCUT2D eigenvalue weighted by Crippen LogP contribution is -2.39. The summed E-state index contributed by atoms with van der Waals surface area (Å²) in [7, 11) is 2.28. The number of rotatable bonds is 9. The predicted octanol–water partition coefficient (Wildman–Crippen LogP) is 2.18. The van der Waals surface area contributed by atoms with Crippen molar-refractivity contribution in [2.24, 2.45) is 0 Å².